The molecule has 0 aromatic carbocycles. The number of aliphatic hydroxyl groups is 1. The van der Waals surface area contributed by atoms with E-state index >= 15 is 0 Å². The summed E-state index contributed by atoms with van der Waals surface area (Å²) in [7, 11) is 0. The summed E-state index contributed by atoms with van der Waals surface area (Å²) in [6, 6.07) is 1.22. The van der Waals surface area contributed by atoms with Crippen LogP contribution in [0.25, 0.3) is 0 Å². The van der Waals surface area contributed by atoms with Gasteiger partial charge in [-0.15, -0.1) is 0 Å². The van der Waals surface area contributed by atoms with Crippen LogP contribution in [0.2, 0.25) is 0 Å². The lowest BCUT2D eigenvalue weighted by Crippen LogP contribution is -2.40. The van der Waals surface area contributed by atoms with Crippen LogP contribution >= 0.6 is 28.5 Å². The van der Waals surface area contributed by atoms with Crippen molar-refractivity contribution in [3.05, 3.63) is 33.1 Å². The average molecular weight is 430 g/mol. The molecule has 2 heterocycles. The predicted molar refractivity (Wildman–Crippen MR) is 90.1 cm³/mol. The molecule has 2 rings (SSSR count). The Morgan fingerprint density at radius 3 is 2.86 bits per heavy atom. The summed E-state index contributed by atoms with van der Waals surface area (Å²) in [5, 5.41) is 10.3. The number of halogens is 1. The molecule has 1 aromatic heterocycles. The van der Waals surface area contributed by atoms with E-state index in [4.69, 9.17) is 9.26 Å². The summed E-state index contributed by atoms with van der Waals surface area (Å²) in [6.07, 6.45) is 0.581. The standard InChI is InChI=1S/C10H14IN2O5P.C2H6/c1-10(16)4-6(5-17-19-11)18-8(10)13-3-2-7(14)12-9(13)15;1-2/h2-3,6,8,16,19H,4-5H2,1H3,(H,12,14,15);1-2H3/t6?,8?,10-;/m0./s1. The van der Waals surface area contributed by atoms with E-state index in [-0.39, 0.29) is 6.10 Å². The highest BCUT2D eigenvalue weighted by molar-refractivity contribution is 14.2. The maximum Gasteiger partial charge on any atom is 0.330 e. The van der Waals surface area contributed by atoms with Gasteiger partial charge in [-0.25, -0.2) is 4.79 Å². The molecule has 1 aliphatic rings. The number of hydrogen-bond donors (Lipinski definition) is 2. The maximum atomic E-state index is 11.7. The largest absolute Gasteiger partial charge is 0.385 e. The monoisotopic (exact) mass is 430 g/mol. The molecule has 120 valence electrons. The number of nitrogens with zero attached hydrogens (tertiary/aromatic N) is 1. The maximum absolute atomic E-state index is 11.7. The van der Waals surface area contributed by atoms with Crippen LogP contribution in [-0.4, -0.2) is 33.0 Å². The van der Waals surface area contributed by atoms with Gasteiger partial charge in [0, 0.05) is 18.7 Å². The topological polar surface area (TPSA) is 93.5 Å². The molecule has 0 saturated carbocycles. The van der Waals surface area contributed by atoms with E-state index < -0.39 is 23.1 Å². The molecule has 1 aliphatic heterocycles. The van der Waals surface area contributed by atoms with Crippen molar-refractivity contribution in [1.29, 1.82) is 0 Å². The van der Waals surface area contributed by atoms with Gasteiger partial charge in [0.05, 0.1) is 19.2 Å². The minimum absolute atomic E-state index is 0.277. The lowest BCUT2D eigenvalue weighted by atomic mass is 10.0. The van der Waals surface area contributed by atoms with Crippen LogP contribution in [0.15, 0.2) is 21.9 Å². The number of ether oxygens (including phenoxy) is 1. The first-order valence-corrected chi connectivity index (χ1v) is 10.6. The molecule has 4 atom stereocenters. The zero-order valence-electron chi connectivity index (χ0n) is 12.1. The second-order valence-corrected chi connectivity index (χ2v) is 6.34. The molecule has 21 heavy (non-hydrogen) atoms. The Kier molecular flexibility index (Phi) is 7.49. The van der Waals surface area contributed by atoms with E-state index in [1.807, 2.05) is 13.8 Å². The van der Waals surface area contributed by atoms with Gasteiger partial charge in [-0.1, -0.05) is 13.8 Å². The molecule has 9 heteroatoms. The van der Waals surface area contributed by atoms with Crippen LogP contribution in [-0.2, 0) is 9.26 Å². The molecule has 3 unspecified atom stereocenters. The van der Waals surface area contributed by atoms with Gasteiger partial charge in [0.15, 0.2) is 6.23 Å². The number of rotatable bonds is 4. The fourth-order valence-corrected chi connectivity index (χ4v) is 2.93. The highest BCUT2D eigenvalue weighted by Crippen LogP contribution is 2.38. The summed E-state index contributed by atoms with van der Waals surface area (Å²) in [5.41, 5.74) is -2.27. The lowest BCUT2D eigenvalue weighted by Gasteiger charge is -2.24. The molecule has 0 aliphatic carbocycles. The Hall–Kier alpha value is -0.280. The Morgan fingerprint density at radius 1 is 1.62 bits per heavy atom. The molecule has 0 bridgehead atoms. The van der Waals surface area contributed by atoms with Gasteiger partial charge in [0.1, 0.15) is 5.60 Å². The average Bonchev–Trinajstić information content (AvgIpc) is 2.74. The lowest BCUT2D eigenvalue weighted by molar-refractivity contribution is -0.0877. The Labute approximate surface area is 137 Å². The van der Waals surface area contributed by atoms with Gasteiger partial charge in [-0.05, 0) is 29.0 Å². The molecule has 0 radical (unpaired) electrons. The minimum Gasteiger partial charge on any atom is -0.385 e. The third-order valence-corrected chi connectivity index (χ3v) is 4.13. The number of H-pyrrole nitrogens is 1. The molecular weight excluding hydrogens is 410 g/mol. The molecular formula is C12H20IN2O5P. The quantitative estimate of drug-likeness (QED) is 0.559. The van der Waals surface area contributed by atoms with Gasteiger partial charge in [0.2, 0.25) is 0 Å². The molecule has 0 spiro atoms. The zero-order valence-corrected chi connectivity index (χ0v) is 15.3. The zero-order chi connectivity index (χ0) is 16.0. The van der Waals surface area contributed by atoms with Gasteiger partial charge in [-0.2, -0.15) is 0 Å². The highest BCUT2D eigenvalue weighted by Gasteiger charge is 2.45. The molecule has 0 amide bonds. The summed E-state index contributed by atoms with van der Waals surface area (Å²) in [4.78, 5) is 24.9. The van der Waals surface area contributed by atoms with Gasteiger partial charge >= 0.3 is 5.69 Å². The second kappa shape index (κ2) is 8.38. The fraction of sp³-hybridized carbons (Fsp3) is 0.667. The smallest absolute Gasteiger partial charge is 0.330 e. The SMILES string of the molecule is CC.C[C@]1(O)CC(COPI)OC1n1ccc(=O)[nH]c1=O. The van der Waals surface area contributed by atoms with Crippen LogP contribution in [0, 0.1) is 0 Å². The molecule has 1 aromatic rings. The van der Waals surface area contributed by atoms with E-state index in [0.717, 1.165) is 0 Å². The predicted octanol–water partition coefficient (Wildman–Crippen LogP) is 1.56. The van der Waals surface area contributed by atoms with Crippen molar-refractivity contribution in [3.8, 4) is 0 Å². The summed E-state index contributed by atoms with van der Waals surface area (Å²) >= 11 is 2.10. The van der Waals surface area contributed by atoms with Crippen LogP contribution in [0.4, 0.5) is 0 Å². The summed E-state index contributed by atoms with van der Waals surface area (Å²) in [5.74, 6) is 0. The van der Waals surface area contributed by atoms with Crippen molar-refractivity contribution in [1.82, 2.24) is 9.55 Å². The van der Waals surface area contributed by atoms with Crippen LogP contribution < -0.4 is 11.2 Å². The molecule has 1 saturated heterocycles. The molecule has 2 N–H and O–H groups in total. The van der Waals surface area contributed by atoms with E-state index in [1.165, 1.54) is 16.8 Å². The molecule has 7 nitrogen and oxygen atoms in total. The van der Waals surface area contributed by atoms with E-state index in [2.05, 4.69) is 27.0 Å². The highest BCUT2D eigenvalue weighted by atomic mass is 127. The van der Waals surface area contributed by atoms with Crippen molar-refractivity contribution in [2.45, 2.75) is 45.1 Å². The fourth-order valence-electron chi connectivity index (χ4n) is 2.14. The second-order valence-electron chi connectivity index (χ2n) is 4.58. The Bertz CT molecular complexity index is 559. The van der Waals surface area contributed by atoms with Crippen LogP contribution in [0.3, 0.4) is 0 Å². The van der Waals surface area contributed by atoms with E-state index in [9.17, 15) is 14.7 Å². The third kappa shape index (κ3) is 4.85. The van der Waals surface area contributed by atoms with Crippen molar-refractivity contribution < 1.29 is 14.4 Å². The van der Waals surface area contributed by atoms with Crippen molar-refractivity contribution in [2.75, 3.05) is 6.61 Å². The van der Waals surface area contributed by atoms with E-state index in [0.29, 0.717) is 19.5 Å². The van der Waals surface area contributed by atoms with Crippen molar-refractivity contribution >= 4 is 28.5 Å². The van der Waals surface area contributed by atoms with Crippen molar-refractivity contribution in [2.24, 2.45) is 0 Å². The summed E-state index contributed by atoms with van der Waals surface area (Å²) < 4.78 is 12.1. The normalized spacial score (nSPS) is 28.6. The Morgan fingerprint density at radius 2 is 2.29 bits per heavy atom. The van der Waals surface area contributed by atoms with Crippen LogP contribution in [0.5, 0.6) is 0 Å². The first kappa shape index (κ1) is 18.8. The number of aromatic amines is 1. The first-order chi connectivity index (χ1) is 9.94. The number of nitrogens with one attached hydrogen (secondary N) is 1. The third-order valence-electron chi connectivity index (χ3n) is 2.92. The summed E-state index contributed by atoms with van der Waals surface area (Å²) in [6.45, 7) is 6.28. The van der Waals surface area contributed by atoms with Crippen molar-refractivity contribution in [3.63, 3.8) is 0 Å². The van der Waals surface area contributed by atoms with E-state index in [1.54, 1.807) is 6.92 Å². The first-order valence-electron chi connectivity index (χ1n) is 6.61. The van der Waals surface area contributed by atoms with Gasteiger partial charge < -0.3 is 14.4 Å². The van der Waals surface area contributed by atoms with Gasteiger partial charge in [0.25, 0.3) is 5.56 Å². The minimum atomic E-state index is -1.19. The van der Waals surface area contributed by atoms with Crippen LogP contribution in [0.1, 0.15) is 33.4 Å². The van der Waals surface area contributed by atoms with Gasteiger partial charge in [-0.3, -0.25) is 14.3 Å². The molecule has 1 fully saturated rings. The Balaban J connectivity index is 0.00000106. The number of hydrogen-bond acceptors (Lipinski definition) is 5. The number of aromatic nitrogens is 2.